The minimum absolute atomic E-state index is 0.634. The van der Waals surface area contributed by atoms with Gasteiger partial charge in [0.15, 0.2) is 0 Å². The summed E-state index contributed by atoms with van der Waals surface area (Å²) in [6.07, 6.45) is 17.9. The number of thiol groups is 2. The summed E-state index contributed by atoms with van der Waals surface area (Å²) < 4.78 is 0. The van der Waals surface area contributed by atoms with Gasteiger partial charge in [-0.15, -0.1) is 0 Å². The summed E-state index contributed by atoms with van der Waals surface area (Å²) in [5, 5.41) is 0.634. The lowest BCUT2D eigenvalue weighted by atomic mass is 10.0. The molecule has 0 aliphatic heterocycles. The summed E-state index contributed by atoms with van der Waals surface area (Å²) in [5.74, 6) is 1.03. The maximum Gasteiger partial charge on any atom is 0.00168 e. The van der Waals surface area contributed by atoms with E-state index in [0.717, 1.165) is 5.75 Å². The molecule has 0 fully saturated rings. The molecule has 0 aliphatic carbocycles. The summed E-state index contributed by atoms with van der Waals surface area (Å²) in [7, 11) is 0. The maximum absolute atomic E-state index is 4.66. The molecule has 2 heteroatoms. The van der Waals surface area contributed by atoms with Crippen LogP contribution < -0.4 is 0 Å². The van der Waals surface area contributed by atoms with E-state index in [1.165, 1.54) is 83.5 Å². The third kappa shape index (κ3) is 14.8. The lowest BCUT2D eigenvalue weighted by Crippen LogP contribution is -1.98. The third-order valence-electron chi connectivity index (χ3n) is 3.59. The Bertz CT molecular complexity index is 148. The Morgan fingerprint density at radius 3 is 1.61 bits per heavy atom. The summed E-state index contributed by atoms with van der Waals surface area (Å²) in [5.41, 5.74) is 0. The molecule has 0 aliphatic rings. The fraction of sp³-hybridized carbons (Fsp3) is 1.00. The average molecular weight is 291 g/mol. The Kier molecular flexibility index (Phi) is 16.4. The fourth-order valence-corrected chi connectivity index (χ4v) is 2.92. The second-order valence-corrected chi connectivity index (χ2v) is 6.67. The van der Waals surface area contributed by atoms with Crippen LogP contribution in [0.3, 0.4) is 0 Å². The lowest BCUT2D eigenvalue weighted by Gasteiger charge is -2.09. The van der Waals surface area contributed by atoms with Crippen molar-refractivity contribution in [2.75, 3.05) is 5.75 Å². The van der Waals surface area contributed by atoms with Gasteiger partial charge in [-0.05, 0) is 25.0 Å². The zero-order valence-electron chi connectivity index (χ0n) is 12.4. The van der Waals surface area contributed by atoms with Gasteiger partial charge in [0.1, 0.15) is 0 Å². The zero-order valence-corrected chi connectivity index (χ0v) is 14.2. The highest BCUT2D eigenvalue weighted by Gasteiger charge is 2.02. The molecule has 0 aromatic rings. The van der Waals surface area contributed by atoms with Gasteiger partial charge in [-0.2, -0.15) is 25.3 Å². The van der Waals surface area contributed by atoms with Gasteiger partial charge in [0.05, 0.1) is 0 Å². The Labute approximate surface area is 127 Å². The van der Waals surface area contributed by atoms with Crippen molar-refractivity contribution in [1.82, 2.24) is 0 Å². The third-order valence-corrected chi connectivity index (χ3v) is 4.42. The van der Waals surface area contributed by atoms with Crippen LogP contribution >= 0.6 is 25.3 Å². The molecule has 0 aromatic carbocycles. The van der Waals surface area contributed by atoms with E-state index in [2.05, 4.69) is 32.2 Å². The van der Waals surface area contributed by atoms with Crippen LogP contribution in [0.25, 0.3) is 0 Å². The molecule has 0 aromatic heterocycles. The molecular formula is C16H34S2. The van der Waals surface area contributed by atoms with Gasteiger partial charge in [0, 0.05) is 5.25 Å². The van der Waals surface area contributed by atoms with Gasteiger partial charge in [0.25, 0.3) is 0 Å². The van der Waals surface area contributed by atoms with E-state index in [1.807, 2.05) is 0 Å². The molecule has 110 valence electrons. The number of hydrogen-bond acceptors (Lipinski definition) is 2. The molecule has 0 saturated carbocycles. The standard InChI is InChI=1S/C16H34S2/c1-2-3-4-5-6-7-8-9-10-13-16(18)14-11-12-15-17/h16-18H,2-15H2,1H3. The largest absolute Gasteiger partial charge is 0.179 e. The highest BCUT2D eigenvalue weighted by molar-refractivity contribution is 7.81. The SMILES string of the molecule is CCCCCCCCCCCC(S)CCCCS. The molecule has 1 atom stereocenters. The van der Waals surface area contributed by atoms with E-state index >= 15 is 0 Å². The number of unbranched alkanes of at least 4 members (excludes halogenated alkanes) is 9. The number of rotatable bonds is 14. The predicted octanol–water partition coefficient (Wildman–Crippen LogP) is 6.31. The minimum atomic E-state index is 0.634. The smallest absolute Gasteiger partial charge is 0.00168 e. The van der Waals surface area contributed by atoms with Gasteiger partial charge in [-0.3, -0.25) is 0 Å². The van der Waals surface area contributed by atoms with Crippen LogP contribution in [0, 0.1) is 0 Å². The Morgan fingerprint density at radius 1 is 0.667 bits per heavy atom. The summed E-state index contributed by atoms with van der Waals surface area (Å²) in [6.45, 7) is 2.28. The summed E-state index contributed by atoms with van der Waals surface area (Å²) >= 11 is 8.90. The van der Waals surface area contributed by atoms with E-state index in [0.29, 0.717) is 5.25 Å². The molecule has 1 unspecified atom stereocenters. The molecule has 0 amide bonds. The lowest BCUT2D eigenvalue weighted by molar-refractivity contribution is 0.544. The quantitative estimate of drug-likeness (QED) is 0.272. The van der Waals surface area contributed by atoms with Crippen LogP contribution in [0.15, 0.2) is 0 Å². The van der Waals surface area contributed by atoms with Gasteiger partial charge in [-0.25, -0.2) is 0 Å². The van der Waals surface area contributed by atoms with Crippen LogP contribution in [-0.4, -0.2) is 11.0 Å². The predicted molar refractivity (Wildman–Crippen MR) is 92.3 cm³/mol. The van der Waals surface area contributed by atoms with Crippen LogP contribution in [0.4, 0.5) is 0 Å². The Morgan fingerprint density at radius 2 is 1.11 bits per heavy atom. The van der Waals surface area contributed by atoms with Gasteiger partial charge < -0.3 is 0 Å². The molecule has 0 bridgehead atoms. The normalized spacial score (nSPS) is 12.8. The topological polar surface area (TPSA) is 0 Å². The Balaban J connectivity index is 3.05. The molecule has 0 rings (SSSR count). The number of hydrogen-bond donors (Lipinski definition) is 2. The van der Waals surface area contributed by atoms with Crippen molar-refractivity contribution in [2.24, 2.45) is 0 Å². The first kappa shape index (κ1) is 18.7. The van der Waals surface area contributed by atoms with Crippen LogP contribution in [0.5, 0.6) is 0 Å². The van der Waals surface area contributed by atoms with Gasteiger partial charge in [-0.1, -0.05) is 71.1 Å². The van der Waals surface area contributed by atoms with Crippen molar-refractivity contribution in [3.05, 3.63) is 0 Å². The van der Waals surface area contributed by atoms with E-state index in [4.69, 9.17) is 0 Å². The van der Waals surface area contributed by atoms with E-state index < -0.39 is 0 Å². The molecule has 0 nitrogen and oxygen atoms in total. The Hall–Kier alpha value is 0.700. The van der Waals surface area contributed by atoms with E-state index in [-0.39, 0.29) is 0 Å². The van der Waals surface area contributed by atoms with Crippen molar-refractivity contribution in [2.45, 2.75) is 95.6 Å². The van der Waals surface area contributed by atoms with Crippen molar-refractivity contribution >= 4 is 25.3 Å². The monoisotopic (exact) mass is 290 g/mol. The van der Waals surface area contributed by atoms with Crippen LogP contribution in [0.2, 0.25) is 0 Å². The molecule has 0 radical (unpaired) electrons. The van der Waals surface area contributed by atoms with Crippen molar-refractivity contribution in [3.8, 4) is 0 Å². The van der Waals surface area contributed by atoms with Crippen molar-refractivity contribution < 1.29 is 0 Å². The van der Waals surface area contributed by atoms with Crippen molar-refractivity contribution in [3.63, 3.8) is 0 Å². The van der Waals surface area contributed by atoms with E-state index in [9.17, 15) is 0 Å². The van der Waals surface area contributed by atoms with Crippen LogP contribution in [-0.2, 0) is 0 Å². The summed E-state index contributed by atoms with van der Waals surface area (Å²) in [4.78, 5) is 0. The highest BCUT2D eigenvalue weighted by Crippen LogP contribution is 2.16. The van der Waals surface area contributed by atoms with Crippen molar-refractivity contribution in [1.29, 1.82) is 0 Å². The summed E-state index contributed by atoms with van der Waals surface area (Å²) in [6, 6.07) is 0. The average Bonchev–Trinajstić information content (AvgIpc) is 2.37. The zero-order chi connectivity index (χ0) is 13.5. The fourth-order valence-electron chi connectivity index (χ4n) is 2.33. The molecular weight excluding hydrogens is 256 g/mol. The molecule has 0 saturated heterocycles. The molecule has 0 spiro atoms. The molecule has 0 N–H and O–H groups in total. The maximum atomic E-state index is 4.66. The van der Waals surface area contributed by atoms with E-state index in [1.54, 1.807) is 0 Å². The second-order valence-electron chi connectivity index (χ2n) is 5.49. The molecule has 0 heterocycles. The first-order valence-electron chi connectivity index (χ1n) is 8.10. The minimum Gasteiger partial charge on any atom is -0.179 e. The molecule has 18 heavy (non-hydrogen) atoms. The van der Waals surface area contributed by atoms with Gasteiger partial charge in [0.2, 0.25) is 0 Å². The first-order chi connectivity index (χ1) is 8.81. The second kappa shape index (κ2) is 15.8. The van der Waals surface area contributed by atoms with Gasteiger partial charge >= 0.3 is 0 Å². The highest BCUT2D eigenvalue weighted by atomic mass is 32.1. The van der Waals surface area contributed by atoms with Crippen LogP contribution in [0.1, 0.15) is 90.4 Å². The first-order valence-corrected chi connectivity index (χ1v) is 9.25.